The molecule has 7 heteroatoms. The molecule has 0 aliphatic carbocycles. The predicted octanol–water partition coefficient (Wildman–Crippen LogP) is -0.329. The Kier molecular flexibility index (Phi) is 3.37. The molecule has 0 amide bonds. The molecule has 0 radical (unpaired) electrons. The number of hydrogen-bond acceptors (Lipinski definition) is 4. The molecule has 1 aromatic heterocycles. The highest BCUT2D eigenvalue weighted by Gasteiger charge is 2.18. The Bertz CT molecular complexity index is 322. The van der Waals surface area contributed by atoms with Crippen LogP contribution in [-0.4, -0.2) is 28.8 Å². The Hall–Kier alpha value is -1.21. The van der Waals surface area contributed by atoms with Crippen LogP contribution >= 0.6 is 0 Å². The monoisotopic (exact) mass is 203 g/mol. The second-order valence-corrected chi connectivity index (χ2v) is 2.58. The van der Waals surface area contributed by atoms with Gasteiger partial charge in [0.05, 0.1) is 0 Å². The van der Waals surface area contributed by atoms with E-state index < -0.39 is 13.7 Å². The fourth-order valence-electron chi connectivity index (χ4n) is 1.01. The van der Waals surface area contributed by atoms with E-state index in [4.69, 9.17) is 10.0 Å². The van der Waals surface area contributed by atoms with Gasteiger partial charge < -0.3 is 14.8 Å². The first kappa shape index (κ1) is 10.9. The second-order valence-electron chi connectivity index (χ2n) is 2.58. The van der Waals surface area contributed by atoms with E-state index >= 15 is 0 Å². The molecule has 0 fully saturated rings. The molecule has 4 nitrogen and oxygen atoms in total. The van der Waals surface area contributed by atoms with E-state index in [0.29, 0.717) is 0 Å². The zero-order valence-corrected chi connectivity index (χ0v) is 7.32. The Morgan fingerprint density at radius 3 is 2.64 bits per heavy atom. The Morgan fingerprint density at radius 1 is 1.50 bits per heavy atom. The van der Waals surface area contributed by atoms with Crippen LogP contribution in [0.3, 0.4) is 0 Å². The molecule has 14 heavy (non-hydrogen) atoms. The number of halogens is 2. The van der Waals surface area contributed by atoms with Gasteiger partial charge in [-0.1, -0.05) is 0 Å². The average molecular weight is 203 g/mol. The van der Waals surface area contributed by atoms with Gasteiger partial charge >= 0.3 is 13.7 Å². The molecular formula is C7H8BF2NO3. The maximum atomic E-state index is 11.8. The summed E-state index contributed by atoms with van der Waals surface area (Å²) in [6, 6.07) is 1.32. The zero-order valence-electron chi connectivity index (χ0n) is 7.32. The van der Waals surface area contributed by atoms with Gasteiger partial charge in [0, 0.05) is 11.8 Å². The number of rotatable bonds is 3. The van der Waals surface area contributed by atoms with E-state index in [1.165, 1.54) is 19.2 Å². The van der Waals surface area contributed by atoms with Crippen molar-refractivity contribution in [2.45, 2.75) is 13.5 Å². The van der Waals surface area contributed by atoms with Gasteiger partial charge in [-0.2, -0.15) is 8.78 Å². The van der Waals surface area contributed by atoms with Crippen molar-refractivity contribution in [1.82, 2.24) is 4.98 Å². The number of nitrogens with zero attached hydrogens (tertiary/aromatic N) is 1. The molecule has 0 aromatic carbocycles. The fraction of sp³-hybridized carbons (Fsp3) is 0.286. The number of aromatic nitrogens is 1. The van der Waals surface area contributed by atoms with E-state index in [1.807, 2.05) is 0 Å². The van der Waals surface area contributed by atoms with Crippen LogP contribution in [0.2, 0.25) is 0 Å². The van der Waals surface area contributed by atoms with E-state index in [-0.39, 0.29) is 16.9 Å². The molecule has 0 saturated carbocycles. The summed E-state index contributed by atoms with van der Waals surface area (Å²) in [4.78, 5) is 3.54. The topological polar surface area (TPSA) is 62.6 Å². The summed E-state index contributed by atoms with van der Waals surface area (Å²) in [6.45, 7) is -1.56. The van der Waals surface area contributed by atoms with E-state index in [0.717, 1.165) is 0 Å². The molecule has 0 saturated heterocycles. The minimum absolute atomic E-state index is 0.0932. The largest absolute Gasteiger partial charge is 0.488 e. The Labute approximate surface area is 79.3 Å². The van der Waals surface area contributed by atoms with Gasteiger partial charge in [-0.3, -0.25) is 0 Å². The molecule has 76 valence electrons. The minimum atomic E-state index is -2.98. The fourth-order valence-corrected chi connectivity index (χ4v) is 1.01. The van der Waals surface area contributed by atoms with Crippen molar-refractivity contribution >= 4 is 12.6 Å². The molecule has 1 heterocycles. The molecule has 0 aliphatic rings. The maximum Gasteiger partial charge on any atom is 0.488 e. The molecule has 1 aromatic rings. The van der Waals surface area contributed by atoms with Crippen LogP contribution < -0.4 is 10.2 Å². The van der Waals surface area contributed by atoms with Gasteiger partial charge in [0.25, 0.3) is 0 Å². The molecule has 0 spiro atoms. The standard InChI is InChI=1S/C7H8BF2NO3/c1-4-5(8(12)13)2-3-11-6(4)14-7(9)10/h2-3,7,12-13H,1H3. The summed E-state index contributed by atoms with van der Waals surface area (Å²) in [5, 5.41) is 17.7. The molecular weight excluding hydrogens is 195 g/mol. The highest BCUT2D eigenvalue weighted by atomic mass is 19.3. The van der Waals surface area contributed by atoms with Crippen molar-refractivity contribution in [2.24, 2.45) is 0 Å². The number of alkyl halides is 2. The summed E-state index contributed by atoms with van der Waals surface area (Å²) in [7, 11) is -1.72. The van der Waals surface area contributed by atoms with Crippen molar-refractivity contribution in [3.05, 3.63) is 17.8 Å². The molecule has 2 N–H and O–H groups in total. The number of ether oxygens (including phenoxy) is 1. The summed E-state index contributed by atoms with van der Waals surface area (Å²) in [6.07, 6.45) is 1.17. The summed E-state index contributed by atoms with van der Waals surface area (Å²) >= 11 is 0. The highest BCUT2D eigenvalue weighted by molar-refractivity contribution is 6.59. The first-order chi connectivity index (χ1) is 6.52. The Morgan fingerprint density at radius 2 is 2.14 bits per heavy atom. The first-order valence-corrected chi connectivity index (χ1v) is 3.79. The lowest BCUT2D eigenvalue weighted by Crippen LogP contribution is -2.32. The lowest BCUT2D eigenvalue weighted by Gasteiger charge is -2.09. The summed E-state index contributed by atoms with van der Waals surface area (Å²) in [5.41, 5.74) is 0.276. The first-order valence-electron chi connectivity index (χ1n) is 3.79. The Balaban J connectivity index is 3.01. The SMILES string of the molecule is Cc1c(B(O)O)ccnc1OC(F)F. The summed E-state index contributed by atoms with van der Waals surface area (Å²) in [5.74, 6) is -0.300. The molecule has 0 unspecified atom stereocenters. The van der Waals surface area contributed by atoms with Crippen LogP contribution in [0.4, 0.5) is 8.78 Å². The summed E-state index contributed by atoms with van der Waals surface area (Å²) < 4.78 is 27.8. The zero-order chi connectivity index (χ0) is 10.7. The van der Waals surface area contributed by atoms with Gasteiger partial charge in [0.15, 0.2) is 0 Å². The lowest BCUT2D eigenvalue weighted by atomic mass is 9.78. The van der Waals surface area contributed by atoms with Crippen molar-refractivity contribution in [3.63, 3.8) is 0 Å². The van der Waals surface area contributed by atoms with Crippen molar-refractivity contribution in [1.29, 1.82) is 0 Å². The van der Waals surface area contributed by atoms with E-state index in [2.05, 4.69) is 9.72 Å². The molecule has 0 atom stereocenters. The van der Waals surface area contributed by atoms with Crippen LogP contribution in [0.15, 0.2) is 12.3 Å². The van der Waals surface area contributed by atoms with Crippen LogP contribution in [0.25, 0.3) is 0 Å². The molecule has 1 rings (SSSR count). The molecule has 0 bridgehead atoms. The third-order valence-electron chi connectivity index (χ3n) is 1.68. The third-order valence-corrected chi connectivity index (χ3v) is 1.68. The van der Waals surface area contributed by atoms with Gasteiger partial charge in [0.1, 0.15) is 0 Å². The lowest BCUT2D eigenvalue weighted by molar-refractivity contribution is -0.0532. The normalized spacial score (nSPS) is 10.4. The predicted molar refractivity (Wildman–Crippen MR) is 45.4 cm³/mol. The second kappa shape index (κ2) is 4.34. The highest BCUT2D eigenvalue weighted by Crippen LogP contribution is 2.13. The van der Waals surface area contributed by atoms with Crippen LogP contribution in [0, 0.1) is 6.92 Å². The van der Waals surface area contributed by atoms with Crippen LogP contribution in [0.1, 0.15) is 5.56 Å². The van der Waals surface area contributed by atoms with Gasteiger partial charge in [0.2, 0.25) is 5.88 Å². The van der Waals surface area contributed by atoms with Crippen molar-refractivity contribution in [2.75, 3.05) is 0 Å². The van der Waals surface area contributed by atoms with E-state index in [1.54, 1.807) is 0 Å². The third kappa shape index (κ3) is 2.40. The average Bonchev–Trinajstić information content (AvgIpc) is 2.07. The van der Waals surface area contributed by atoms with Gasteiger partial charge in [-0.15, -0.1) is 0 Å². The van der Waals surface area contributed by atoms with Crippen LogP contribution in [0.5, 0.6) is 5.88 Å². The minimum Gasteiger partial charge on any atom is -0.423 e. The van der Waals surface area contributed by atoms with Crippen LogP contribution in [-0.2, 0) is 0 Å². The molecule has 0 aliphatic heterocycles. The van der Waals surface area contributed by atoms with Gasteiger partial charge in [-0.25, -0.2) is 4.98 Å². The quantitative estimate of drug-likeness (QED) is 0.660. The van der Waals surface area contributed by atoms with Gasteiger partial charge in [-0.05, 0) is 18.5 Å². The smallest absolute Gasteiger partial charge is 0.423 e. The van der Waals surface area contributed by atoms with Crippen molar-refractivity contribution < 1.29 is 23.6 Å². The number of pyridine rings is 1. The van der Waals surface area contributed by atoms with E-state index in [9.17, 15) is 8.78 Å². The van der Waals surface area contributed by atoms with Crippen molar-refractivity contribution in [3.8, 4) is 5.88 Å². The number of hydrogen-bond donors (Lipinski definition) is 2. The maximum absolute atomic E-state index is 11.8.